The maximum Gasteiger partial charge on any atom is 0.0743 e. The molecule has 0 spiro atoms. The van der Waals surface area contributed by atoms with Crippen molar-refractivity contribution in [2.75, 3.05) is 0 Å². The monoisotopic (exact) mass is 193 g/mol. The van der Waals surface area contributed by atoms with E-state index in [1.165, 1.54) is 19.3 Å². The molecule has 0 aromatic rings. The maximum absolute atomic E-state index is 5.49. The minimum Gasteiger partial charge on any atom is -0.299 e. The molecule has 80 valence electrons. The Morgan fingerprint density at radius 3 is 2.50 bits per heavy atom. The lowest BCUT2D eigenvalue weighted by molar-refractivity contribution is 0.205. The first-order valence-corrected chi connectivity index (χ1v) is 5.70. The van der Waals surface area contributed by atoms with Crippen LogP contribution >= 0.6 is 0 Å². The van der Waals surface area contributed by atoms with E-state index in [9.17, 15) is 0 Å². The van der Waals surface area contributed by atoms with Gasteiger partial charge in [-0.3, -0.25) is 5.32 Å². The standard InChI is InChI=1S/C13H23N/c1-6-13(4,5)14-12-9-10(2)7-8-11(12)3/h1,10-12,14H,7-9H2,2-5H3. The molecule has 1 rings (SSSR count). The summed E-state index contributed by atoms with van der Waals surface area (Å²) in [4.78, 5) is 0. The van der Waals surface area contributed by atoms with E-state index in [-0.39, 0.29) is 5.54 Å². The summed E-state index contributed by atoms with van der Waals surface area (Å²) >= 11 is 0. The molecule has 1 nitrogen and oxygen atoms in total. The van der Waals surface area contributed by atoms with Crippen molar-refractivity contribution in [1.82, 2.24) is 5.32 Å². The predicted octanol–water partition coefficient (Wildman–Crippen LogP) is 2.81. The number of rotatable bonds is 2. The van der Waals surface area contributed by atoms with Crippen molar-refractivity contribution < 1.29 is 0 Å². The van der Waals surface area contributed by atoms with E-state index >= 15 is 0 Å². The van der Waals surface area contributed by atoms with Gasteiger partial charge in [-0.2, -0.15) is 0 Å². The highest BCUT2D eigenvalue weighted by Gasteiger charge is 2.29. The van der Waals surface area contributed by atoms with Crippen molar-refractivity contribution in [2.45, 2.75) is 58.5 Å². The number of terminal acetylenes is 1. The van der Waals surface area contributed by atoms with Crippen LogP contribution in [-0.4, -0.2) is 11.6 Å². The van der Waals surface area contributed by atoms with E-state index in [0.29, 0.717) is 6.04 Å². The Hall–Kier alpha value is -0.480. The normalized spacial score (nSPS) is 33.8. The second-order valence-corrected chi connectivity index (χ2v) is 5.42. The van der Waals surface area contributed by atoms with E-state index < -0.39 is 0 Å². The summed E-state index contributed by atoms with van der Waals surface area (Å²) in [5, 5.41) is 3.59. The van der Waals surface area contributed by atoms with Gasteiger partial charge in [0.1, 0.15) is 0 Å². The average Bonchev–Trinajstić information content (AvgIpc) is 2.11. The Labute approximate surface area is 88.7 Å². The van der Waals surface area contributed by atoms with Crippen LogP contribution in [0.3, 0.4) is 0 Å². The minimum atomic E-state index is -0.157. The molecule has 0 amide bonds. The summed E-state index contributed by atoms with van der Waals surface area (Å²) in [7, 11) is 0. The van der Waals surface area contributed by atoms with Gasteiger partial charge in [0, 0.05) is 6.04 Å². The van der Waals surface area contributed by atoms with Gasteiger partial charge in [0.05, 0.1) is 5.54 Å². The van der Waals surface area contributed by atoms with Gasteiger partial charge in [-0.25, -0.2) is 0 Å². The Bertz CT molecular complexity index is 224. The second-order valence-electron chi connectivity index (χ2n) is 5.42. The average molecular weight is 193 g/mol. The Morgan fingerprint density at radius 2 is 1.93 bits per heavy atom. The third-order valence-corrected chi connectivity index (χ3v) is 3.37. The molecule has 0 aliphatic heterocycles. The van der Waals surface area contributed by atoms with E-state index in [2.05, 4.69) is 38.9 Å². The number of hydrogen-bond acceptors (Lipinski definition) is 1. The van der Waals surface area contributed by atoms with E-state index in [0.717, 1.165) is 11.8 Å². The molecule has 1 aliphatic carbocycles. The fraction of sp³-hybridized carbons (Fsp3) is 0.846. The molecule has 0 saturated heterocycles. The Balaban J connectivity index is 2.54. The summed E-state index contributed by atoms with van der Waals surface area (Å²) in [6.45, 7) is 8.83. The molecule has 0 aromatic carbocycles. The first-order chi connectivity index (χ1) is 6.44. The minimum absolute atomic E-state index is 0.157. The molecule has 3 atom stereocenters. The zero-order valence-electron chi connectivity index (χ0n) is 9.93. The van der Waals surface area contributed by atoms with Gasteiger partial charge in [-0.05, 0) is 38.5 Å². The zero-order chi connectivity index (χ0) is 10.8. The maximum atomic E-state index is 5.49. The van der Waals surface area contributed by atoms with Gasteiger partial charge >= 0.3 is 0 Å². The summed E-state index contributed by atoms with van der Waals surface area (Å²) in [5.74, 6) is 4.42. The smallest absolute Gasteiger partial charge is 0.0743 e. The third-order valence-electron chi connectivity index (χ3n) is 3.37. The first kappa shape index (κ1) is 11.6. The summed E-state index contributed by atoms with van der Waals surface area (Å²) in [6, 6.07) is 0.602. The van der Waals surface area contributed by atoms with Crippen LogP contribution < -0.4 is 5.32 Å². The lowest BCUT2D eigenvalue weighted by Crippen LogP contribution is -2.49. The predicted molar refractivity (Wildman–Crippen MR) is 62.0 cm³/mol. The van der Waals surface area contributed by atoms with Crippen molar-refractivity contribution in [3.8, 4) is 12.3 Å². The lowest BCUT2D eigenvalue weighted by Gasteiger charge is -2.37. The Morgan fingerprint density at radius 1 is 1.29 bits per heavy atom. The molecule has 0 bridgehead atoms. The van der Waals surface area contributed by atoms with E-state index in [4.69, 9.17) is 6.42 Å². The third kappa shape index (κ3) is 3.03. The molecule has 0 radical (unpaired) electrons. The van der Waals surface area contributed by atoms with Crippen LogP contribution in [-0.2, 0) is 0 Å². The van der Waals surface area contributed by atoms with Crippen molar-refractivity contribution in [1.29, 1.82) is 0 Å². The van der Waals surface area contributed by atoms with Gasteiger partial charge in [0.15, 0.2) is 0 Å². The van der Waals surface area contributed by atoms with E-state index in [1.54, 1.807) is 0 Å². The van der Waals surface area contributed by atoms with Gasteiger partial charge in [-0.1, -0.05) is 26.2 Å². The number of nitrogens with one attached hydrogen (secondary N) is 1. The fourth-order valence-electron chi connectivity index (χ4n) is 2.24. The van der Waals surface area contributed by atoms with Gasteiger partial charge in [-0.15, -0.1) is 6.42 Å². The van der Waals surface area contributed by atoms with E-state index in [1.807, 2.05) is 0 Å². The molecule has 3 unspecified atom stereocenters. The summed E-state index contributed by atoms with van der Waals surface area (Å²) in [6.07, 6.45) is 9.46. The van der Waals surface area contributed by atoms with Crippen molar-refractivity contribution in [2.24, 2.45) is 11.8 Å². The molecule has 1 fully saturated rings. The highest BCUT2D eigenvalue weighted by Crippen LogP contribution is 2.29. The van der Waals surface area contributed by atoms with Gasteiger partial charge in [0.25, 0.3) is 0 Å². The second kappa shape index (κ2) is 4.36. The summed E-state index contributed by atoms with van der Waals surface area (Å²) in [5.41, 5.74) is -0.157. The van der Waals surface area contributed by atoms with Crippen molar-refractivity contribution >= 4 is 0 Å². The first-order valence-electron chi connectivity index (χ1n) is 5.70. The SMILES string of the molecule is C#CC(C)(C)NC1CC(C)CCC1C. The molecule has 0 aromatic heterocycles. The molecule has 1 saturated carbocycles. The fourth-order valence-corrected chi connectivity index (χ4v) is 2.24. The molecule has 1 N–H and O–H groups in total. The number of hydrogen-bond donors (Lipinski definition) is 1. The van der Waals surface area contributed by atoms with Crippen LogP contribution in [0.5, 0.6) is 0 Å². The molecule has 14 heavy (non-hydrogen) atoms. The molecular weight excluding hydrogens is 170 g/mol. The Kier molecular flexibility index (Phi) is 3.61. The van der Waals surface area contributed by atoms with Crippen LogP contribution in [0.1, 0.15) is 47.0 Å². The molecule has 0 heterocycles. The van der Waals surface area contributed by atoms with Crippen LogP contribution in [0.25, 0.3) is 0 Å². The van der Waals surface area contributed by atoms with Crippen LogP contribution in [0.4, 0.5) is 0 Å². The lowest BCUT2D eigenvalue weighted by atomic mass is 9.79. The molecule has 1 heteroatoms. The highest BCUT2D eigenvalue weighted by atomic mass is 15.0. The quantitative estimate of drug-likeness (QED) is 0.665. The molecular formula is C13H23N. The van der Waals surface area contributed by atoms with Gasteiger partial charge in [0.2, 0.25) is 0 Å². The van der Waals surface area contributed by atoms with Crippen LogP contribution in [0.15, 0.2) is 0 Å². The van der Waals surface area contributed by atoms with Crippen molar-refractivity contribution in [3.05, 3.63) is 0 Å². The van der Waals surface area contributed by atoms with Crippen LogP contribution in [0.2, 0.25) is 0 Å². The zero-order valence-corrected chi connectivity index (χ0v) is 9.93. The van der Waals surface area contributed by atoms with Crippen molar-refractivity contribution in [3.63, 3.8) is 0 Å². The molecule has 1 aliphatic rings. The topological polar surface area (TPSA) is 12.0 Å². The largest absolute Gasteiger partial charge is 0.299 e. The summed E-state index contributed by atoms with van der Waals surface area (Å²) < 4.78 is 0. The van der Waals surface area contributed by atoms with Gasteiger partial charge < -0.3 is 0 Å². The highest BCUT2D eigenvalue weighted by molar-refractivity contribution is 5.09. The van der Waals surface area contributed by atoms with Crippen LogP contribution in [0, 0.1) is 24.2 Å².